The molecular formula is C18H16Cl2N4O2. The van der Waals surface area contributed by atoms with Gasteiger partial charge in [-0.2, -0.15) is 5.10 Å². The third-order valence-corrected chi connectivity index (χ3v) is 4.04. The van der Waals surface area contributed by atoms with Gasteiger partial charge in [-0.3, -0.25) is 9.89 Å². The highest BCUT2D eigenvalue weighted by Crippen LogP contribution is 2.24. The minimum Gasteiger partial charge on any atom is -0.484 e. The van der Waals surface area contributed by atoms with E-state index in [0.717, 1.165) is 5.56 Å². The first-order valence-corrected chi connectivity index (χ1v) is 8.63. The van der Waals surface area contributed by atoms with Gasteiger partial charge in [-0.1, -0.05) is 53.5 Å². The van der Waals surface area contributed by atoms with Crippen LogP contribution in [0.3, 0.4) is 0 Å². The highest BCUT2D eigenvalue weighted by molar-refractivity contribution is 6.34. The molecular weight excluding hydrogens is 375 g/mol. The fraction of sp³-hybridized carbons (Fsp3) is 0.167. The number of aromatic nitrogens is 3. The molecule has 0 aliphatic heterocycles. The van der Waals surface area contributed by atoms with E-state index in [9.17, 15) is 4.79 Å². The molecule has 3 rings (SSSR count). The van der Waals surface area contributed by atoms with E-state index in [1.165, 1.54) is 6.33 Å². The largest absolute Gasteiger partial charge is 0.484 e. The maximum absolute atomic E-state index is 12.4. The molecule has 0 saturated carbocycles. The quantitative estimate of drug-likeness (QED) is 0.645. The van der Waals surface area contributed by atoms with Crippen molar-refractivity contribution in [2.75, 3.05) is 6.61 Å². The van der Waals surface area contributed by atoms with Crippen molar-refractivity contribution in [2.24, 2.45) is 0 Å². The first kappa shape index (κ1) is 18.2. The van der Waals surface area contributed by atoms with E-state index < -0.39 is 0 Å². The Hall–Kier alpha value is -2.57. The van der Waals surface area contributed by atoms with Crippen molar-refractivity contribution in [1.29, 1.82) is 0 Å². The van der Waals surface area contributed by atoms with Gasteiger partial charge < -0.3 is 10.1 Å². The first-order valence-electron chi connectivity index (χ1n) is 7.87. The fourth-order valence-corrected chi connectivity index (χ4v) is 2.96. The van der Waals surface area contributed by atoms with E-state index in [-0.39, 0.29) is 18.6 Å². The molecule has 0 bridgehead atoms. The summed E-state index contributed by atoms with van der Waals surface area (Å²) in [7, 11) is 0. The minimum atomic E-state index is -0.269. The number of nitrogens with one attached hydrogen (secondary N) is 2. The molecule has 1 aromatic heterocycles. The van der Waals surface area contributed by atoms with Crippen molar-refractivity contribution < 1.29 is 9.53 Å². The lowest BCUT2D eigenvalue weighted by Gasteiger charge is -2.18. The molecule has 1 amide bonds. The summed E-state index contributed by atoms with van der Waals surface area (Å²) in [4.78, 5) is 16.5. The summed E-state index contributed by atoms with van der Waals surface area (Å²) < 4.78 is 5.48. The predicted molar refractivity (Wildman–Crippen MR) is 99.4 cm³/mol. The zero-order valence-corrected chi connectivity index (χ0v) is 15.2. The van der Waals surface area contributed by atoms with Crippen LogP contribution in [0.4, 0.5) is 0 Å². The summed E-state index contributed by atoms with van der Waals surface area (Å²) in [5.41, 5.74) is 0.961. The molecule has 0 radical (unpaired) electrons. The molecule has 0 unspecified atom stereocenters. The van der Waals surface area contributed by atoms with Gasteiger partial charge in [0.15, 0.2) is 6.61 Å². The average molecular weight is 391 g/mol. The average Bonchev–Trinajstić information content (AvgIpc) is 3.12. The monoisotopic (exact) mass is 390 g/mol. The highest BCUT2D eigenvalue weighted by atomic mass is 35.5. The maximum atomic E-state index is 12.4. The molecule has 8 heteroatoms. The molecule has 1 atom stereocenters. The minimum absolute atomic E-state index is 0.156. The molecule has 2 N–H and O–H groups in total. The van der Waals surface area contributed by atoms with Gasteiger partial charge in [0, 0.05) is 16.5 Å². The van der Waals surface area contributed by atoms with Crippen molar-refractivity contribution in [3.8, 4) is 5.75 Å². The van der Waals surface area contributed by atoms with Crippen molar-refractivity contribution in [3.05, 3.63) is 76.3 Å². The van der Waals surface area contributed by atoms with Crippen LogP contribution in [-0.2, 0) is 11.2 Å². The molecule has 2 aromatic carbocycles. The molecule has 0 fully saturated rings. The predicted octanol–water partition coefficient (Wildman–Crippen LogP) is 3.59. The molecule has 26 heavy (non-hydrogen) atoms. The van der Waals surface area contributed by atoms with Gasteiger partial charge in [0.05, 0.1) is 6.04 Å². The Balaban J connectivity index is 1.65. The molecule has 0 saturated heterocycles. The number of amides is 1. The molecule has 0 spiro atoms. The third-order valence-electron chi connectivity index (χ3n) is 3.61. The summed E-state index contributed by atoms with van der Waals surface area (Å²) in [6.07, 6.45) is 1.92. The molecule has 6 nitrogen and oxygen atoms in total. The number of carbonyl (C=O) groups is 1. The first-order chi connectivity index (χ1) is 12.6. The fourth-order valence-electron chi connectivity index (χ4n) is 2.46. The number of hydrogen-bond acceptors (Lipinski definition) is 4. The van der Waals surface area contributed by atoms with Crippen LogP contribution in [0.1, 0.15) is 17.4 Å². The number of ether oxygens (including phenoxy) is 1. The number of H-pyrrole nitrogens is 1. The third kappa shape index (κ3) is 5.21. The number of carbonyl (C=O) groups excluding carboxylic acids is 1. The zero-order valence-electron chi connectivity index (χ0n) is 13.7. The van der Waals surface area contributed by atoms with E-state index in [1.54, 1.807) is 18.2 Å². The lowest BCUT2D eigenvalue weighted by molar-refractivity contribution is -0.123. The molecule has 134 valence electrons. The van der Waals surface area contributed by atoms with Crippen LogP contribution in [0.5, 0.6) is 5.75 Å². The normalized spacial score (nSPS) is 11.8. The molecule has 1 heterocycles. The van der Waals surface area contributed by atoms with Crippen LogP contribution >= 0.6 is 23.2 Å². The van der Waals surface area contributed by atoms with Gasteiger partial charge in [0.1, 0.15) is 17.9 Å². The molecule has 3 aromatic rings. The zero-order chi connectivity index (χ0) is 18.4. The molecule has 0 aliphatic rings. The lowest BCUT2D eigenvalue weighted by Crippen LogP contribution is -2.34. The summed E-state index contributed by atoms with van der Waals surface area (Å²) in [5.74, 6) is 0.848. The van der Waals surface area contributed by atoms with Crippen molar-refractivity contribution in [3.63, 3.8) is 0 Å². The number of aromatic amines is 1. The number of benzene rings is 2. The Kier molecular flexibility index (Phi) is 6.09. The highest BCUT2D eigenvalue weighted by Gasteiger charge is 2.17. The number of hydrogen-bond donors (Lipinski definition) is 2. The second kappa shape index (κ2) is 8.69. The second-order valence-electron chi connectivity index (χ2n) is 5.56. The SMILES string of the molecule is O=C(COc1cc(Cl)cc(Cl)c1)N[C@@H](Cc1ncn[nH]1)c1ccccc1. The van der Waals surface area contributed by atoms with Gasteiger partial charge >= 0.3 is 0 Å². The summed E-state index contributed by atoms with van der Waals surface area (Å²) in [6.45, 7) is -0.156. The Morgan fingerprint density at radius 2 is 1.88 bits per heavy atom. The van der Waals surface area contributed by atoms with Crippen LogP contribution in [0.15, 0.2) is 54.9 Å². The topological polar surface area (TPSA) is 79.9 Å². The smallest absolute Gasteiger partial charge is 0.258 e. The van der Waals surface area contributed by atoms with Crippen molar-refractivity contribution in [1.82, 2.24) is 20.5 Å². The van der Waals surface area contributed by atoms with Gasteiger partial charge in [0.25, 0.3) is 5.91 Å². The van der Waals surface area contributed by atoms with E-state index in [4.69, 9.17) is 27.9 Å². The lowest BCUT2D eigenvalue weighted by atomic mass is 10.0. The van der Waals surface area contributed by atoms with E-state index in [2.05, 4.69) is 20.5 Å². The Morgan fingerprint density at radius 3 is 2.54 bits per heavy atom. The van der Waals surface area contributed by atoms with Crippen molar-refractivity contribution >= 4 is 29.1 Å². The van der Waals surface area contributed by atoms with E-state index in [0.29, 0.717) is 28.0 Å². The number of halogens is 2. The standard InChI is InChI=1S/C18H16Cl2N4O2/c19-13-6-14(20)8-15(7-13)26-10-18(25)23-16(9-17-21-11-22-24-17)12-4-2-1-3-5-12/h1-8,11,16H,9-10H2,(H,23,25)(H,21,22,24)/t16-/m0/s1. The summed E-state index contributed by atoms with van der Waals surface area (Å²) >= 11 is 11.9. The van der Waals surface area contributed by atoms with Crippen LogP contribution < -0.4 is 10.1 Å². The summed E-state index contributed by atoms with van der Waals surface area (Å²) in [6, 6.07) is 14.2. The maximum Gasteiger partial charge on any atom is 0.258 e. The van der Waals surface area contributed by atoms with Crippen molar-refractivity contribution in [2.45, 2.75) is 12.5 Å². The van der Waals surface area contributed by atoms with Crippen LogP contribution in [0, 0.1) is 0 Å². The van der Waals surface area contributed by atoms with Crippen LogP contribution in [0.2, 0.25) is 10.0 Å². The Morgan fingerprint density at radius 1 is 1.15 bits per heavy atom. The van der Waals surface area contributed by atoms with Gasteiger partial charge in [0.2, 0.25) is 0 Å². The van der Waals surface area contributed by atoms with Gasteiger partial charge in [-0.15, -0.1) is 0 Å². The van der Waals surface area contributed by atoms with Gasteiger partial charge in [-0.05, 0) is 23.8 Å². The summed E-state index contributed by atoms with van der Waals surface area (Å²) in [5, 5.41) is 10.5. The molecule has 0 aliphatic carbocycles. The Bertz CT molecular complexity index is 837. The number of nitrogens with zero attached hydrogens (tertiary/aromatic N) is 2. The van der Waals surface area contributed by atoms with Crippen LogP contribution in [-0.4, -0.2) is 27.7 Å². The second-order valence-corrected chi connectivity index (χ2v) is 6.43. The van der Waals surface area contributed by atoms with E-state index >= 15 is 0 Å². The van der Waals surface area contributed by atoms with Crippen LogP contribution in [0.25, 0.3) is 0 Å². The number of rotatable bonds is 7. The van der Waals surface area contributed by atoms with E-state index in [1.807, 2.05) is 30.3 Å². The Labute approximate surface area is 160 Å². The van der Waals surface area contributed by atoms with Gasteiger partial charge in [-0.25, -0.2) is 4.98 Å².